The van der Waals surface area contributed by atoms with Gasteiger partial charge in [0, 0.05) is 6.04 Å². The van der Waals surface area contributed by atoms with Gasteiger partial charge in [-0.3, -0.25) is 9.69 Å². The number of nitrogens with two attached hydrogens (primary N) is 1. The summed E-state index contributed by atoms with van der Waals surface area (Å²) in [7, 11) is 0. The molecule has 2 N–H and O–H groups in total. The van der Waals surface area contributed by atoms with E-state index in [9.17, 15) is 9.59 Å². The van der Waals surface area contributed by atoms with E-state index in [1.54, 1.807) is 20.8 Å². The zero-order valence-corrected chi connectivity index (χ0v) is 11.8. The van der Waals surface area contributed by atoms with E-state index in [1.165, 1.54) is 4.90 Å². The lowest BCUT2D eigenvalue weighted by molar-refractivity contribution is -0.119. The van der Waals surface area contributed by atoms with Crippen LogP contribution in [0.15, 0.2) is 0 Å². The average molecular weight is 262 g/mol. The number of thiol groups is 1. The first-order valence-corrected chi connectivity index (χ1v) is 6.19. The summed E-state index contributed by atoms with van der Waals surface area (Å²) in [6, 6.07) is -0.130. The number of ether oxygens (including phenoxy) is 1. The maximum absolute atomic E-state index is 11.9. The van der Waals surface area contributed by atoms with E-state index in [1.807, 2.05) is 6.92 Å². The smallest absolute Gasteiger partial charge is 0.410 e. The lowest BCUT2D eigenvalue weighted by atomic mass is 10.2. The average Bonchev–Trinajstić information content (AvgIpc) is 2.11. The fraction of sp³-hybridized carbons (Fsp3) is 0.818. The third kappa shape index (κ3) is 7.10. The number of rotatable bonds is 5. The van der Waals surface area contributed by atoms with Crippen molar-refractivity contribution in [2.75, 3.05) is 12.3 Å². The highest BCUT2D eigenvalue weighted by atomic mass is 32.1. The van der Waals surface area contributed by atoms with Crippen LogP contribution in [0.5, 0.6) is 0 Å². The minimum absolute atomic E-state index is 0.130. The molecule has 6 heteroatoms. The molecule has 0 fully saturated rings. The molecule has 0 radical (unpaired) electrons. The number of carbonyl (C=O) groups excluding carboxylic acids is 2. The highest BCUT2D eigenvalue weighted by Crippen LogP contribution is 2.13. The molecule has 17 heavy (non-hydrogen) atoms. The summed E-state index contributed by atoms with van der Waals surface area (Å²) in [4.78, 5) is 24.2. The summed E-state index contributed by atoms with van der Waals surface area (Å²) in [6.07, 6.45) is 0.154. The molecule has 0 spiro atoms. The molecule has 2 amide bonds. The molecular formula is C11H22N2O3S. The quantitative estimate of drug-likeness (QED) is 0.736. The molecular weight excluding hydrogens is 240 g/mol. The Morgan fingerprint density at radius 2 is 1.94 bits per heavy atom. The largest absolute Gasteiger partial charge is 0.444 e. The predicted molar refractivity (Wildman–Crippen MR) is 70.1 cm³/mol. The highest BCUT2D eigenvalue weighted by Gasteiger charge is 2.26. The molecule has 0 bridgehead atoms. The van der Waals surface area contributed by atoms with Gasteiger partial charge in [0.15, 0.2) is 0 Å². The van der Waals surface area contributed by atoms with Crippen LogP contribution in [0.2, 0.25) is 0 Å². The summed E-state index contributed by atoms with van der Waals surface area (Å²) >= 11 is 4.10. The maximum atomic E-state index is 11.9. The first-order chi connectivity index (χ1) is 7.67. The third-order valence-corrected chi connectivity index (χ3v) is 2.29. The van der Waals surface area contributed by atoms with E-state index in [4.69, 9.17) is 10.5 Å². The first kappa shape index (κ1) is 16.1. The molecule has 0 aliphatic rings. The Kier molecular flexibility index (Phi) is 6.37. The third-order valence-electron chi connectivity index (χ3n) is 2.03. The molecule has 0 aliphatic heterocycles. The molecule has 0 aromatic rings. The van der Waals surface area contributed by atoms with Crippen LogP contribution in [-0.2, 0) is 9.53 Å². The van der Waals surface area contributed by atoms with E-state index in [0.717, 1.165) is 0 Å². The van der Waals surface area contributed by atoms with Gasteiger partial charge in [-0.1, -0.05) is 0 Å². The fourth-order valence-corrected chi connectivity index (χ4v) is 1.61. The van der Waals surface area contributed by atoms with Crippen molar-refractivity contribution in [1.29, 1.82) is 0 Å². The Bertz CT molecular complexity index is 276. The highest BCUT2D eigenvalue weighted by molar-refractivity contribution is 7.80. The van der Waals surface area contributed by atoms with E-state index < -0.39 is 17.6 Å². The van der Waals surface area contributed by atoms with Crippen molar-refractivity contribution >= 4 is 24.6 Å². The van der Waals surface area contributed by atoms with E-state index in [0.29, 0.717) is 12.2 Å². The zero-order chi connectivity index (χ0) is 13.6. The number of primary amides is 1. The van der Waals surface area contributed by atoms with Gasteiger partial charge in [-0.25, -0.2) is 4.79 Å². The molecule has 0 rings (SSSR count). The molecule has 100 valence electrons. The molecule has 0 saturated heterocycles. The molecule has 1 unspecified atom stereocenters. The van der Waals surface area contributed by atoms with Gasteiger partial charge in [-0.2, -0.15) is 12.6 Å². The van der Waals surface area contributed by atoms with Crippen molar-refractivity contribution in [2.24, 2.45) is 5.73 Å². The minimum atomic E-state index is -0.590. The van der Waals surface area contributed by atoms with Gasteiger partial charge in [0.25, 0.3) is 0 Å². The van der Waals surface area contributed by atoms with Crippen LogP contribution in [-0.4, -0.2) is 40.8 Å². The lowest BCUT2D eigenvalue weighted by Crippen LogP contribution is -2.46. The van der Waals surface area contributed by atoms with Gasteiger partial charge >= 0.3 is 6.09 Å². The van der Waals surface area contributed by atoms with Crippen molar-refractivity contribution in [3.63, 3.8) is 0 Å². The number of amides is 2. The topological polar surface area (TPSA) is 72.6 Å². The predicted octanol–water partition coefficient (Wildman–Crippen LogP) is 1.42. The second-order valence-corrected chi connectivity index (χ2v) is 5.38. The molecule has 5 nitrogen and oxygen atoms in total. The SMILES string of the molecule is CC(CCS)N(CC(N)=O)C(=O)OC(C)(C)C. The Morgan fingerprint density at radius 1 is 1.41 bits per heavy atom. The number of hydrogen-bond donors (Lipinski definition) is 2. The van der Waals surface area contributed by atoms with Crippen molar-refractivity contribution < 1.29 is 14.3 Å². The monoisotopic (exact) mass is 262 g/mol. The van der Waals surface area contributed by atoms with Gasteiger partial charge in [-0.05, 0) is 39.9 Å². The van der Waals surface area contributed by atoms with Crippen molar-refractivity contribution in [2.45, 2.75) is 45.8 Å². The van der Waals surface area contributed by atoms with Crippen LogP contribution in [0.3, 0.4) is 0 Å². The van der Waals surface area contributed by atoms with Gasteiger partial charge in [-0.15, -0.1) is 0 Å². The maximum Gasteiger partial charge on any atom is 0.410 e. The van der Waals surface area contributed by atoms with E-state index >= 15 is 0 Å². The second kappa shape index (κ2) is 6.74. The molecule has 0 saturated carbocycles. The van der Waals surface area contributed by atoms with Crippen LogP contribution < -0.4 is 5.73 Å². The second-order valence-electron chi connectivity index (χ2n) is 4.94. The number of nitrogens with zero attached hydrogens (tertiary/aromatic N) is 1. The minimum Gasteiger partial charge on any atom is -0.444 e. The number of carbonyl (C=O) groups is 2. The summed E-state index contributed by atoms with van der Waals surface area (Å²) in [5.41, 5.74) is 4.53. The van der Waals surface area contributed by atoms with Crippen LogP contribution in [0.25, 0.3) is 0 Å². The number of hydrogen-bond acceptors (Lipinski definition) is 4. The fourth-order valence-electron chi connectivity index (χ4n) is 1.23. The van der Waals surface area contributed by atoms with Crippen molar-refractivity contribution in [3.8, 4) is 0 Å². The van der Waals surface area contributed by atoms with Gasteiger partial charge in [0.1, 0.15) is 12.1 Å². The summed E-state index contributed by atoms with van der Waals surface area (Å²) < 4.78 is 5.22. The van der Waals surface area contributed by atoms with Crippen LogP contribution in [0.4, 0.5) is 4.79 Å². The van der Waals surface area contributed by atoms with E-state index in [-0.39, 0.29) is 12.6 Å². The normalized spacial score (nSPS) is 13.0. The van der Waals surface area contributed by atoms with Crippen LogP contribution >= 0.6 is 12.6 Å². The van der Waals surface area contributed by atoms with Crippen LogP contribution in [0, 0.1) is 0 Å². The Balaban J connectivity index is 4.67. The summed E-state index contributed by atoms with van der Waals surface area (Å²) in [5, 5.41) is 0. The van der Waals surface area contributed by atoms with Gasteiger partial charge in [0.05, 0.1) is 0 Å². The molecule has 0 aromatic carbocycles. The van der Waals surface area contributed by atoms with Crippen LogP contribution in [0.1, 0.15) is 34.1 Å². The van der Waals surface area contributed by atoms with Crippen molar-refractivity contribution in [1.82, 2.24) is 4.90 Å². The van der Waals surface area contributed by atoms with Gasteiger partial charge < -0.3 is 10.5 Å². The Morgan fingerprint density at radius 3 is 2.29 bits per heavy atom. The molecule has 0 heterocycles. The molecule has 0 aromatic heterocycles. The van der Waals surface area contributed by atoms with Gasteiger partial charge in [0.2, 0.25) is 5.91 Å². The van der Waals surface area contributed by atoms with E-state index in [2.05, 4.69) is 12.6 Å². The summed E-state index contributed by atoms with van der Waals surface area (Å²) in [6.45, 7) is 7.02. The lowest BCUT2D eigenvalue weighted by Gasteiger charge is -2.30. The first-order valence-electron chi connectivity index (χ1n) is 5.56. The standard InChI is InChI=1S/C11H22N2O3S/c1-8(5-6-17)13(7-9(12)14)10(15)16-11(2,3)4/h8,17H,5-7H2,1-4H3,(H2,12,14). The molecule has 1 atom stereocenters. The molecule has 0 aliphatic carbocycles. The zero-order valence-electron chi connectivity index (χ0n) is 10.9. The summed E-state index contributed by atoms with van der Waals surface area (Å²) in [5.74, 6) is 0.0704. The Hall–Kier alpha value is -0.910. The van der Waals surface area contributed by atoms with Crippen molar-refractivity contribution in [3.05, 3.63) is 0 Å². The Labute approximate surface area is 108 Å².